The molecule has 1 saturated heterocycles. The zero-order valence-electron chi connectivity index (χ0n) is 10.0. The standard InChI is InChI=1S/C14H15N3O/c18-11-3-1-2-10(7-11)17-14-6-9-4-5-13(16-9)12(14)8-15-17/h1-3,7-9,13,16,18H,4-6H2. The predicted octanol–water partition coefficient (Wildman–Crippen LogP) is 1.93. The summed E-state index contributed by atoms with van der Waals surface area (Å²) in [5.41, 5.74) is 3.57. The minimum atomic E-state index is 0.286. The molecule has 3 heterocycles. The van der Waals surface area contributed by atoms with Crippen LogP contribution in [-0.2, 0) is 6.42 Å². The summed E-state index contributed by atoms with van der Waals surface area (Å²) in [5, 5.41) is 17.7. The van der Waals surface area contributed by atoms with E-state index < -0.39 is 0 Å². The highest BCUT2D eigenvalue weighted by atomic mass is 16.3. The number of nitrogens with one attached hydrogen (secondary N) is 1. The second-order valence-electron chi connectivity index (χ2n) is 5.18. The van der Waals surface area contributed by atoms with Gasteiger partial charge in [0.25, 0.3) is 0 Å². The second kappa shape index (κ2) is 3.59. The number of fused-ring (bicyclic) bond motifs is 4. The molecule has 1 fully saturated rings. The van der Waals surface area contributed by atoms with Gasteiger partial charge in [-0.1, -0.05) is 6.07 Å². The van der Waals surface area contributed by atoms with E-state index in [1.165, 1.54) is 24.1 Å². The normalized spacial score (nSPS) is 25.1. The fourth-order valence-electron chi connectivity index (χ4n) is 3.19. The van der Waals surface area contributed by atoms with Crippen LogP contribution in [0.25, 0.3) is 5.69 Å². The van der Waals surface area contributed by atoms with Crippen molar-refractivity contribution in [2.24, 2.45) is 0 Å². The molecule has 92 valence electrons. The van der Waals surface area contributed by atoms with Gasteiger partial charge in [0.2, 0.25) is 0 Å². The smallest absolute Gasteiger partial charge is 0.117 e. The molecule has 4 rings (SSSR count). The Morgan fingerprint density at radius 1 is 1.33 bits per heavy atom. The van der Waals surface area contributed by atoms with E-state index in [0.29, 0.717) is 12.1 Å². The van der Waals surface area contributed by atoms with Crippen LogP contribution in [0.3, 0.4) is 0 Å². The van der Waals surface area contributed by atoms with Crippen molar-refractivity contribution in [2.75, 3.05) is 0 Å². The summed E-state index contributed by atoms with van der Waals surface area (Å²) >= 11 is 0. The Morgan fingerprint density at radius 3 is 3.17 bits per heavy atom. The van der Waals surface area contributed by atoms with E-state index in [1.54, 1.807) is 12.1 Å². The summed E-state index contributed by atoms with van der Waals surface area (Å²) in [6.07, 6.45) is 5.46. The molecule has 0 saturated carbocycles. The highest BCUT2D eigenvalue weighted by Gasteiger charge is 2.34. The van der Waals surface area contributed by atoms with Crippen molar-refractivity contribution in [1.82, 2.24) is 15.1 Å². The molecule has 0 amide bonds. The third kappa shape index (κ3) is 1.39. The highest BCUT2D eigenvalue weighted by molar-refractivity contribution is 5.42. The lowest BCUT2D eigenvalue weighted by Crippen LogP contribution is -2.32. The van der Waals surface area contributed by atoms with Crippen LogP contribution in [-0.4, -0.2) is 20.9 Å². The van der Waals surface area contributed by atoms with Gasteiger partial charge in [-0.05, 0) is 25.0 Å². The van der Waals surface area contributed by atoms with Gasteiger partial charge in [0, 0.05) is 30.1 Å². The van der Waals surface area contributed by atoms with E-state index in [-0.39, 0.29) is 5.75 Å². The molecule has 2 unspecified atom stereocenters. The van der Waals surface area contributed by atoms with Crippen LogP contribution in [0, 0.1) is 0 Å². The van der Waals surface area contributed by atoms with Crippen LogP contribution in [0.5, 0.6) is 5.75 Å². The summed E-state index contributed by atoms with van der Waals surface area (Å²) < 4.78 is 1.97. The van der Waals surface area contributed by atoms with Crippen molar-refractivity contribution in [3.8, 4) is 11.4 Å². The molecular formula is C14H15N3O. The molecule has 1 aromatic heterocycles. The van der Waals surface area contributed by atoms with Gasteiger partial charge in [-0.25, -0.2) is 4.68 Å². The average Bonchev–Trinajstić information content (AvgIpc) is 2.95. The minimum Gasteiger partial charge on any atom is -0.508 e. The van der Waals surface area contributed by atoms with Crippen LogP contribution in [0.15, 0.2) is 30.5 Å². The van der Waals surface area contributed by atoms with Gasteiger partial charge < -0.3 is 10.4 Å². The third-order valence-electron chi connectivity index (χ3n) is 4.03. The number of phenolic OH excluding ortho intramolecular Hbond substituents is 1. The molecule has 4 heteroatoms. The summed E-state index contributed by atoms with van der Waals surface area (Å²) in [5.74, 6) is 0.286. The van der Waals surface area contributed by atoms with Crippen LogP contribution in [0.1, 0.15) is 30.1 Å². The van der Waals surface area contributed by atoms with Gasteiger partial charge in [0.15, 0.2) is 0 Å². The van der Waals surface area contributed by atoms with E-state index in [2.05, 4.69) is 10.4 Å². The Labute approximate surface area is 105 Å². The molecule has 2 atom stereocenters. The molecular weight excluding hydrogens is 226 g/mol. The SMILES string of the molecule is Oc1cccc(-n2ncc3c2CC2CCC3N2)c1. The molecule has 2 aliphatic rings. The molecule has 1 aromatic carbocycles. The summed E-state index contributed by atoms with van der Waals surface area (Å²) in [6.45, 7) is 0. The maximum atomic E-state index is 9.58. The molecule has 0 spiro atoms. The number of benzene rings is 1. The zero-order valence-corrected chi connectivity index (χ0v) is 10.0. The molecule has 2 N–H and O–H groups in total. The van der Waals surface area contributed by atoms with Gasteiger partial charge in [-0.2, -0.15) is 5.10 Å². The first-order chi connectivity index (χ1) is 8.81. The van der Waals surface area contributed by atoms with Gasteiger partial charge in [-0.15, -0.1) is 0 Å². The van der Waals surface area contributed by atoms with E-state index >= 15 is 0 Å². The first-order valence-electron chi connectivity index (χ1n) is 6.43. The zero-order chi connectivity index (χ0) is 12.1. The predicted molar refractivity (Wildman–Crippen MR) is 67.8 cm³/mol. The molecule has 18 heavy (non-hydrogen) atoms. The van der Waals surface area contributed by atoms with E-state index in [0.717, 1.165) is 12.1 Å². The number of aromatic hydroxyl groups is 1. The summed E-state index contributed by atoms with van der Waals surface area (Å²) in [6, 6.07) is 8.35. The van der Waals surface area contributed by atoms with Crippen molar-refractivity contribution in [1.29, 1.82) is 0 Å². The lowest BCUT2D eigenvalue weighted by molar-refractivity contribution is 0.474. The average molecular weight is 241 g/mol. The number of rotatable bonds is 1. The lowest BCUT2D eigenvalue weighted by atomic mass is 10.0. The highest BCUT2D eigenvalue weighted by Crippen LogP contribution is 2.36. The maximum Gasteiger partial charge on any atom is 0.117 e. The number of hydrogen-bond donors (Lipinski definition) is 2. The van der Waals surface area contributed by atoms with Crippen molar-refractivity contribution < 1.29 is 5.11 Å². The van der Waals surface area contributed by atoms with Crippen LogP contribution in [0.4, 0.5) is 0 Å². The van der Waals surface area contributed by atoms with Crippen LogP contribution >= 0.6 is 0 Å². The van der Waals surface area contributed by atoms with Gasteiger partial charge in [-0.3, -0.25) is 0 Å². The Kier molecular flexibility index (Phi) is 2.02. The monoisotopic (exact) mass is 241 g/mol. The van der Waals surface area contributed by atoms with Crippen molar-refractivity contribution in [3.05, 3.63) is 41.7 Å². The largest absolute Gasteiger partial charge is 0.508 e. The molecule has 0 radical (unpaired) electrons. The van der Waals surface area contributed by atoms with E-state index in [4.69, 9.17) is 0 Å². The number of hydrogen-bond acceptors (Lipinski definition) is 3. The van der Waals surface area contributed by atoms with Crippen molar-refractivity contribution in [2.45, 2.75) is 31.3 Å². The quantitative estimate of drug-likeness (QED) is 0.802. The fraction of sp³-hybridized carbons (Fsp3) is 0.357. The first kappa shape index (κ1) is 10.1. The Bertz CT molecular complexity index is 605. The molecule has 2 bridgehead atoms. The van der Waals surface area contributed by atoms with Crippen LogP contribution in [0.2, 0.25) is 0 Å². The van der Waals surface area contributed by atoms with Crippen molar-refractivity contribution >= 4 is 0 Å². The van der Waals surface area contributed by atoms with E-state index in [9.17, 15) is 5.11 Å². The van der Waals surface area contributed by atoms with Crippen molar-refractivity contribution in [3.63, 3.8) is 0 Å². The van der Waals surface area contributed by atoms with Gasteiger partial charge >= 0.3 is 0 Å². The van der Waals surface area contributed by atoms with Gasteiger partial charge in [0.1, 0.15) is 5.75 Å². The number of phenols is 1. The number of nitrogens with zero attached hydrogens (tertiary/aromatic N) is 2. The maximum absolute atomic E-state index is 9.58. The number of aromatic nitrogens is 2. The Hall–Kier alpha value is -1.81. The minimum absolute atomic E-state index is 0.286. The molecule has 2 aromatic rings. The molecule has 2 aliphatic heterocycles. The Balaban J connectivity index is 1.84. The van der Waals surface area contributed by atoms with E-state index in [1.807, 2.05) is 23.0 Å². The van der Waals surface area contributed by atoms with Crippen LogP contribution < -0.4 is 5.32 Å². The Morgan fingerprint density at radius 2 is 2.28 bits per heavy atom. The molecule has 4 nitrogen and oxygen atoms in total. The first-order valence-corrected chi connectivity index (χ1v) is 6.43. The lowest BCUT2D eigenvalue weighted by Gasteiger charge is -2.22. The summed E-state index contributed by atoms with van der Waals surface area (Å²) in [7, 11) is 0. The third-order valence-corrected chi connectivity index (χ3v) is 4.03. The van der Waals surface area contributed by atoms with Gasteiger partial charge in [0.05, 0.1) is 17.6 Å². The second-order valence-corrected chi connectivity index (χ2v) is 5.18. The fourth-order valence-corrected chi connectivity index (χ4v) is 3.19. The molecule has 0 aliphatic carbocycles. The summed E-state index contributed by atoms with van der Waals surface area (Å²) in [4.78, 5) is 0. The topological polar surface area (TPSA) is 50.1 Å².